The zero-order chi connectivity index (χ0) is 9.84. The van der Waals surface area contributed by atoms with Gasteiger partial charge in [0.15, 0.2) is 0 Å². The zero-order valence-corrected chi connectivity index (χ0v) is 10.6. The molecule has 0 aliphatic heterocycles. The van der Waals surface area contributed by atoms with E-state index in [1.54, 1.807) is 0 Å². The second-order valence-electron chi connectivity index (χ2n) is 3.11. The summed E-state index contributed by atoms with van der Waals surface area (Å²) in [5.41, 5.74) is 1.25. The van der Waals surface area contributed by atoms with E-state index in [0.29, 0.717) is 5.25 Å². The number of thioether (sulfide) groups is 1. The minimum Gasteiger partial charge on any atom is -0.249 e. The Kier molecular flexibility index (Phi) is 4.26. The molecule has 1 rings (SSSR count). The second-order valence-corrected chi connectivity index (χ2v) is 5.42. The molecule has 0 spiro atoms. The molecule has 0 fully saturated rings. The van der Waals surface area contributed by atoms with E-state index in [1.807, 2.05) is 18.0 Å². The molecule has 3 heteroatoms. The smallest absolute Gasteiger partial charge is 0.0965 e. The van der Waals surface area contributed by atoms with E-state index in [1.165, 1.54) is 12.0 Å². The maximum Gasteiger partial charge on any atom is 0.0965 e. The first-order chi connectivity index (χ1) is 6.13. The van der Waals surface area contributed by atoms with E-state index in [0.717, 1.165) is 9.50 Å². The molecule has 0 amide bonds. The van der Waals surface area contributed by atoms with Crippen LogP contribution in [0, 0.1) is 6.92 Å². The molecule has 1 aromatic rings. The van der Waals surface area contributed by atoms with Gasteiger partial charge in [-0.2, -0.15) is 0 Å². The fourth-order valence-corrected chi connectivity index (χ4v) is 2.02. The molecule has 1 aromatic heterocycles. The lowest BCUT2D eigenvalue weighted by Crippen LogP contribution is -1.93. The normalized spacial score (nSPS) is 12.9. The minimum absolute atomic E-state index is 0.646. The van der Waals surface area contributed by atoms with E-state index in [-0.39, 0.29) is 0 Å². The van der Waals surface area contributed by atoms with Gasteiger partial charge in [-0.25, -0.2) is 4.98 Å². The Morgan fingerprint density at radius 2 is 2.31 bits per heavy atom. The first-order valence-corrected chi connectivity index (χ1v) is 6.09. The van der Waals surface area contributed by atoms with Crippen LogP contribution < -0.4 is 0 Å². The van der Waals surface area contributed by atoms with Gasteiger partial charge in [-0.05, 0) is 40.9 Å². The largest absolute Gasteiger partial charge is 0.249 e. The molecule has 0 bridgehead atoms. The standard InChI is InChI=1S/C10H14BrNS/c1-4-8(3)13-10-5-7(2)9(11)6-12-10/h5-6,8H,4H2,1-3H3. The van der Waals surface area contributed by atoms with Crippen molar-refractivity contribution < 1.29 is 0 Å². The Bertz CT molecular complexity index is 288. The van der Waals surface area contributed by atoms with Crippen LogP contribution in [0.15, 0.2) is 21.8 Å². The number of halogens is 1. The molecule has 1 nitrogen and oxygen atoms in total. The summed E-state index contributed by atoms with van der Waals surface area (Å²) in [6.07, 6.45) is 3.06. The van der Waals surface area contributed by atoms with Gasteiger partial charge in [0.05, 0.1) is 5.03 Å². The van der Waals surface area contributed by atoms with Crippen molar-refractivity contribution in [2.75, 3.05) is 0 Å². The van der Waals surface area contributed by atoms with Gasteiger partial charge in [-0.15, -0.1) is 11.8 Å². The fraction of sp³-hybridized carbons (Fsp3) is 0.500. The molecule has 0 aromatic carbocycles. The number of aryl methyl sites for hydroxylation is 1. The van der Waals surface area contributed by atoms with Crippen molar-refractivity contribution >= 4 is 27.7 Å². The lowest BCUT2D eigenvalue weighted by Gasteiger charge is -2.07. The molecule has 0 aliphatic carbocycles. The second kappa shape index (κ2) is 5.01. The molecule has 1 heterocycles. The topological polar surface area (TPSA) is 12.9 Å². The highest BCUT2D eigenvalue weighted by atomic mass is 79.9. The van der Waals surface area contributed by atoms with Crippen LogP contribution in [-0.2, 0) is 0 Å². The third kappa shape index (κ3) is 3.31. The molecule has 0 radical (unpaired) electrons. The van der Waals surface area contributed by atoms with Crippen LogP contribution in [0.4, 0.5) is 0 Å². The number of pyridine rings is 1. The average molecular weight is 260 g/mol. The van der Waals surface area contributed by atoms with Gasteiger partial charge >= 0.3 is 0 Å². The third-order valence-corrected chi connectivity index (χ3v) is 3.95. The summed E-state index contributed by atoms with van der Waals surface area (Å²) in [4.78, 5) is 4.34. The van der Waals surface area contributed by atoms with Crippen LogP contribution >= 0.6 is 27.7 Å². The highest BCUT2D eigenvalue weighted by molar-refractivity contribution is 9.10. The lowest BCUT2D eigenvalue weighted by molar-refractivity contribution is 0.900. The van der Waals surface area contributed by atoms with E-state index < -0.39 is 0 Å². The van der Waals surface area contributed by atoms with E-state index in [9.17, 15) is 0 Å². The quantitative estimate of drug-likeness (QED) is 0.760. The highest BCUT2D eigenvalue weighted by Gasteiger charge is 2.04. The van der Waals surface area contributed by atoms with Gasteiger partial charge in [-0.3, -0.25) is 0 Å². The summed E-state index contributed by atoms with van der Waals surface area (Å²) in [5.74, 6) is 0. The fourth-order valence-electron chi connectivity index (χ4n) is 0.867. The Balaban J connectivity index is 2.73. The predicted molar refractivity (Wildman–Crippen MR) is 62.3 cm³/mol. The zero-order valence-electron chi connectivity index (χ0n) is 8.17. The van der Waals surface area contributed by atoms with Crippen molar-refractivity contribution in [1.29, 1.82) is 0 Å². The number of aromatic nitrogens is 1. The Hall–Kier alpha value is -0.0200. The van der Waals surface area contributed by atoms with Gasteiger partial charge < -0.3 is 0 Å². The van der Waals surface area contributed by atoms with Crippen LogP contribution in [-0.4, -0.2) is 10.2 Å². The third-order valence-electron chi connectivity index (χ3n) is 1.92. The molecule has 0 saturated heterocycles. The summed E-state index contributed by atoms with van der Waals surface area (Å²) in [6, 6.07) is 2.13. The van der Waals surface area contributed by atoms with Crippen LogP contribution in [0.3, 0.4) is 0 Å². The van der Waals surface area contributed by atoms with Crippen molar-refractivity contribution in [3.63, 3.8) is 0 Å². The Labute approximate surface area is 92.5 Å². The highest BCUT2D eigenvalue weighted by Crippen LogP contribution is 2.25. The summed E-state index contributed by atoms with van der Waals surface area (Å²) in [5, 5.41) is 1.77. The summed E-state index contributed by atoms with van der Waals surface area (Å²) in [7, 11) is 0. The van der Waals surface area contributed by atoms with Gasteiger partial charge in [0.1, 0.15) is 0 Å². The number of nitrogens with zero attached hydrogens (tertiary/aromatic N) is 1. The number of hydrogen-bond acceptors (Lipinski definition) is 2. The predicted octanol–water partition coefficient (Wildman–Crippen LogP) is 4.04. The summed E-state index contributed by atoms with van der Waals surface area (Å²) < 4.78 is 1.08. The molecular weight excluding hydrogens is 246 g/mol. The van der Waals surface area contributed by atoms with Gasteiger partial charge in [0.25, 0.3) is 0 Å². The lowest BCUT2D eigenvalue weighted by atomic mass is 10.3. The van der Waals surface area contributed by atoms with Crippen molar-refractivity contribution in [2.45, 2.75) is 37.5 Å². The average Bonchev–Trinajstić information content (AvgIpc) is 2.11. The van der Waals surface area contributed by atoms with Crippen LogP contribution in [0.25, 0.3) is 0 Å². The minimum atomic E-state index is 0.646. The number of hydrogen-bond donors (Lipinski definition) is 0. The first kappa shape index (κ1) is 11.1. The maximum absolute atomic E-state index is 4.34. The van der Waals surface area contributed by atoms with Crippen LogP contribution in [0.1, 0.15) is 25.8 Å². The van der Waals surface area contributed by atoms with Crippen molar-refractivity contribution in [3.05, 3.63) is 22.3 Å². The molecule has 0 N–H and O–H groups in total. The molecule has 72 valence electrons. The maximum atomic E-state index is 4.34. The van der Waals surface area contributed by atoms with Crippen LogP contribution in [0.2, 0.25) is 0 Å². The molecule has 0 aliphatic rings. The summed E-state index contributed by atoms with van der Waals surface area (Å²) in [6.45, 7) is 6.51. The van der Waals surface area contributed by atoms with E-state index >= 15 is 0 Å². The molecular formula is C10H14BrNS. The molecule has 13 heavy (non-hydrogen) atoms. The molecule has 0 saturated carbocycles. The number of rotatable bonds is 3. The van der Waals surface area contributed by atoms with Crippen molar-refractivity contribution in [2.24, 2.45) is 0 Å². The molecule has 1 unspecified atom stereocenters. The summed E-state index contributed by atoms with van der Waals surface area (Å²) >= 11 is 5.28. The Morgan fingerprint density at radius 3 is 2.85 bits per heavy atom. The van der Waals surface area contributed by atoms with E-state index in [2.05, 4.69) is 47.8 Å². The SMILES string of the molecule is CCC(C)Sc1cc(C)c(Br)cn1. The first-order valence-electron chi connectivity index (χ1n) is 4.42. The van der Waals surface area contributed by atoms with Crippen molar-refractivity contribution in [1.82, 2.24) is 4.98 Å². The van der Waals surface area contributed by atoms with Gasteiger partial charge in [0.2, 0.25) is 0 Å². The molecule has 1 atom stereocenters. The van der Waals surface area contributed by atoms with Gasteiger partial charge in [-0.1, -0.05) is 13.8 Å². The van der Waals surface area contributed by atoms with Crippen molar-refractivity contribution in [3.8, 4) is 0 Å². The van der Waals surface area contributed by atoms with Crippen LogP contribution in [0.5, 0.6) is 0 Å². The van der Waals surface area contributed by atoms with E-state index in [4.69, 9.17) is 0 Å². The monoisotopic (exact) mass is 259 g/mol. The Morgan fingerprint density at radius 1 is 1.62 bits per heavy atom. The van der Waals surface area contributed by atoms with Gasteiger partial charge in [0, 0.05) is 15.9 Å².